The number of hydrogen-bond donors (Lipinski definition) is 2. The molecular weight excluding hydrogens is 416 g/mol. The van der Waals surface area contributed by atoms with Gasteiger partial charge in [0.1, 0.15) is 5.01 Å². The van der Waals surface area contributed by atoms with Crippen LogP contribution in [0.2, 0.25) is 0 Å². The van der Waals surface area contributed by atoms with Crippen molar-refractivity contribution in [2.45, 2.75) is 12.8 Å². The number of fused-ring (bicyclic) bond motifs is 1. The van der Waals surface area contributed by atoms with Crippen LogP contribution in [0, 0.1) is 0 Å². The first-order valence-electron chi connectivity index (χ1n) is 9.32. The van der Waals surface area contributed by atoms with Crippen molar-refractivity contribution >= 4 is 45.3 Å². The van der Waals surface area contributed by atoms with Gasteiger partial charge in [-0.3, -0.25) is 9.59 Å². The van der Waals surface area contributed by atoms with Gasteiger partial charge in [0, 0.05) is 27.6 Å². The summed E-state index contributed by atoms with van der Waals surface area (Å²) in [4.78, 5) is 33.1. The molecule has 2 aromatic carbocycles. The van der Waals surface area contributed by atoms with E-state index in [0.29, 0.717) is 11.6 Å². The van der Waals surface area contributed by atoms with Crippen molar-refractivity contribution < 1.29 is 9.59 Å². The number of anilines is 2. The van der Waals surface area contributed by atoms with Crippen molar-refractivity contribution in [2.24, 2.45) is 0 Å². The number of carbonyl (C=O) groups excluding carboxylic acids is 2. The van der Waals surface area contributed by atoms with Crippen molar-refractivity contribution in [3.8, 4) is 21.8 Å². The van der Waals surface area contributed by atoms with Crippen LogP contribution in [0.1, 0.15) is 11.3 Å². The molecule has 8 heteroatoms. The fourth-order valence-corrected chi connectivity index (χ4v) is 4.84. The fourth-order valence-electron chi connectivity index (χ4n) is 3.28. The van der Waals surface area contributed by atoms with Crippen LogP contribution in [0.4, 0.5) is 10.8 Å². The highest BCUT2D eigenvalue weighted by Gasteiger charge is 2.18. The number of thiazole rings is 2. The number of rotatable bonds is 5. The molecule has 0 atom stereocenters. The smallest absolute Gasteiger partial charge is 0.232 e. The van der Waals surface area contributed by atoms with Gasteiger partial charge in [0.25, 0.3) is 0 Å². The molecular formula is C22H16N4O2S2. The van der Waals surface area contributed by atoms with Gasteiger partial charge in [0.2, 0.25) is 11.8 Å². The van der Waals surface area contributed by atoms with Gasteiger partial charge < -0.3 is 10.6 Å². The third-order valence-corrected chi connectivity index (χ3v) is 6.39. The Bertz CT molecular complexity index is 1250. The van der Waals surface area contributed by atoms with Gasteiger partial charge in [-0.1, -0.05) is 36.4 Å². The molecule has 3 heterocycles. The topological polar surface area (TPSA) is 84.0 Å². The molecule has 4 aromatic rings. The lowest BCUT2D eigenvalue weighted by Crippen LogP contribution is -2.14. The van der Waals surface area contributed by atoms with Crippen LogP contribution in [0.25, 0.3) is 21.8 Å². The Labute approximate surface area is 180 Å². The first kappa shape index (κ1) is 18.7. The van der Waals surface area contributed by atoms with Gasteiger partial charge >= 0.3 is 0 Å². The van der Waals surface area contributed by atoms with E-state index in [0.717, 1.165) is 38.8 Å². The second kappa shape index (κ2) is 7.81. The Balaban J connectivity index is 1.25. The summed E-state index contributed by atoms with van der Waals surface area (Å²) in [5, 5.41) is 10.9. The zero-order valence-corrected chi connectivity index (χ0v) is 17.3. The Kier molecular flexibility index (Phi) is 4.86. The zero-order chi connectivity index (χ0) is 20.5. The lowest BCUT2D eigenvalue weighted by Gasteiger charge is -2.02. The van der Waals surface area contributed by atoms with Crippen molar-refractivity contribution in [1.29, 1.82) is 0 Å². The lowest BCUT2D eigenvalue weighted by molar-refractivity contribution is -0.116. The SMILES string of the molecule is O=C(Cc1csc(-c2ccccc2)n1)Nc1nc(-c2ccc3c(c2)CC(=O)N3)cs1. The van der Waals surface area contributed by atoms with Gasteiger partial charge in [-0.05, 0) is 17.7 Å². The molecule has 30 heavy (non-hydrogen) atoms. The van der Waals surface area contributed by atoms with Crippen molar-refractivity contribution in [3.05, 3.63) is 70.5 Å². The average Bonchev–Trinajstić information content (AvgIpc) is 3.47. The molecule has 0 unspecified atom stereocenters. The van der Waals surface area contributed by atoms with E-state index in [-0.39, 0.29) is 18.2 Å². The van der Waals surface area contributed by atoms with Crippen LogP contribution in [-0.4, -0.2) is 21.8 Å². The molecule has 2 amide bonds. The molecule has 5 rings (SSSR count). The van der Waals surface area contributed by atoms with E-state index in [4.69, 9.17) is 0 Å². The van der Waals surface area contributed by atoms with Crippen LogP contribution in [0.15, 0.2) is 59.3 Å². The predicted molar refractivity (Wildman–Crippen MR) is 120 cm³/mol. The van der Waals surface area contributed by atoms with E-state index in [1.165, 1.54) is 22.7 Å². The maximum Gasteiger partial charge on any atom is 0.232 e. The minimum Gasteiger partial charge on any atom is -0.326 e. The van der Waals surface area contributed by atoms with Gasteiger partial charge in [-0.25, -0.2) is 9.97 Å². The van der Waals surface area contributed by atoms with E-state index >= 15 is 0 Å². The number of nitrogens with zero attached hydrogens (tertiary/aromatic N) is 2. The minimum absolute atomic E-state index is 0.00541. The normalized spacial score (nSPS) is 12.5. The minimum atomic E-state index is -0.149. The summed E-state index contributed by atoms with van der Waals surface area (Å²) in [6.45, 7) is 0. The third-order valence-electron chi connectivity index (χ3n) is 4.69. The summed E-state index contributed by atoms with van der Waals surface area (Å²) in [6.07, 6.45) is 0.584. The molecule has 1 aliphatic heterocycles. The summed E-state index contributed by atoms with van der Waals surface area (Å²) in [5.41, 5.74) is 5.31. The second-order valence-corrected chi connectivity index (χ2v) is 8.59. The number of carbonyl (C=O) groups is 2. The van der Waals surface area contributed by atoms with Crippen LogP contribution < -0.4 is 10.6 Å². The van der Waals surface area contributed by atoms with Gasteiger partial charge in [0.05, 0.1) is 24.2 Å². The van der Waals surface area contributed by atoms with Crippen molar-refractivity contribution in [2.75, 3.05) is 10.6 Å². The van der Waals surface area contributed by atoms with Crippen LogP contribution in [0.3, 0.4) is 0 Å². The Hall–Kier alpha value is -3.36. The fraction of sp³-hybridized carbons (Fsp3) is 0.0909. The first-order chi connectivity index (χ1) is 14.6. The summed E-state index contributed by atoms with van der Waals surface area (Å²) < 4.78 is 0. The average molecular weight is 433 g/mol. The molecule has 0 spiro atoms. The molecule has 0 bridgehead atoms. The summed E-state index contributed by atoms with van der Waals surface area (Å²) in [7, 11) is 0. The third kappa shape index (κ3) is 3.87. The molecule has 0 saturated heterocycles. The van der Waals surface area contributed by atoms with Crippen LogP contribution in [-0.2, 0) is 22.4 Å². The van der Waals surface area contributed by atoms with Crippen LogP contribution >= 0.6 is 22.7 Å². The maximum atomic E-state index is 12.4. The van der Waals surface area contributed by atoms with Gasteiger partial charge in [-0.2, -0.15) is 0 Å². The molecule has 0 saturated carbocycles. The number of nitrogens with one attached hydrogen (secondary N) is 2. The molecule has 0 radical (unpaired) electrons. The maximum absolute atomic E-state index is 12.4. The van der Waals surface area contributed by atoms with E-state index in [1.807, 2.05) is 59.3 Å². The number of hydrogen-bond acceptors (Lipinski definition) is 6. The molecule has 6 nitrogen and oxygen atoms in total. The first-order valence-corrected chi connectivity index (χ1v) is 11.1. The highest BCUT2D eigenvalue weighted by molar-refractivity contribution is 7.14. The summed E-state index contributed by atoms with van der Waals surface area (Å²) in [5.74, 6) is -0.143. The highest BCUT2D eigenvalue weighted by Crippen LogP contribution is 2.31. The summed E-state index contributed by atoms with van der Waals surface area (Å²) >= 11 is 2.90. The predicted octanol–water partition coefficient (Wildman–Crippen LogP) is 4.61. The van der Waals surface area contributed by atoms with Crippen molar-refractivity contribution in [3.63, 3.8) is 0 Å². The Morgan fingerprint density at radius 1 is 1.03 bits per heavy atom. The van der Waals surface area contributed by atoms with E-state index < -0.39 is 0 Å². The molecule has 0 fully saturated rings. The summed E-state index contributed by atoms with van der Waals surface area (Å²) in [6, 6.07) is 15.7. The Morgan fingerprint density at radius 2 is 1.90 bits per heavy atom. The zero-order valence-electron chi connectivity index (χ0n) is 15.7. The van der Waals surface area contributed by atoms with Gasteiger partial charge in [-0.15, -0.1) is 22.7 Å². The van der Waals surface area contributed by atoms with E-state index in [1.54, 1.807) is 0 Å². The number of amides is 2. The van der Waals surface area contributed by atoms with Gasteiger partial charge in [0.15, 0.2) is 5.13 Å². The Morgan fingerprint density at radius 3 is 2.77 bits per heavy atom. The van der Waals surface area contributed by atoms with Crippen LogP contribution in [0.5, 0.6) is 0 Å². The lowest BCUT2D eigenvalue weighted by atomic mass is 10.1. The molecule has 148 valence electrons. The monoisotopic (exact) mass is 432 g/mol. The van der Waals surface area contributed by atoms with Crippen molar-refractivity contribution in [1.82, 2.24) is 9.97 Å². The van der Waals surface area contributed by atoms with E-state index in [9.17, 15) is 9.59 Å². The molecule has 2 aromatic heterocycles. The standard InChI is InChI=1S/C22H16N4O2S2/c27-19-9-15-8-14(6-7-17(15)24-19)18-12-30-22(25-18)26-20(28)10-16-11-29-21(23-16)13-4-2-1-3-5-13/h1-8,11-12H,9-10H2,(H,24,27)(H,25,26,28). The quantitative estimate of drug-likeness (QED) is 0.482. The molecule has 2 N–H and O–H groups in total. The number of benzene rings is 2. The largest absolute Gasteiger partial charge is 0.326 e. The van der Waals surface area contributed by atoms with E-state index in [2.05, 4.69) is 20.6 Å². The number of aromatic nitrogens is 2. The molecule has 1 aliphatic rings. The molecule has 0 aliphatic carbocycles. The second-order valence-electron chi connectivity index (χ2n) is 6.87. The highest BCUT2D eigenvalue weighted by atomic mass is 32.1.